The van der Waals surface area contributed by atoms with E-state index in [9.17, 15) is 4.21 Å². The molecular weight excluding hydrogens is 310 g/mol. The summed E-state index contributed by atoms with van der Waals surface area (Å²) in [7, 11) is -2.86. The normalized spacial score (nSPS) is 18.1. The first kappa shape index (κ1) is 22.3. The van der Waals surface area contributed by atoms with Crippen molar-refractivity contribution >= 4 is 19.3 Å². The van der Waals surface area contributed by atoms with Gasteiger partial charge in [0.25, 0.3) is 0 Å². The van der Waals surface area contributed by atoms with Crippen molar-refractivity contribution in [2.45, 2.75) is 103 Å². The highest BCUT2D eigenvalue weighted by molar-refractivity contribution is 7.84. The number of hydrogen-bond acceptors (Lipinski definition) is 2. The highest BCUT2D eigenvalue weighted by atomic mass is 32.2. The van der Waals surface area contributed by atoms with Crippen LogP contribution in [0.25, 0.3) is 0 Å². The molecule has 0 aliphatic heterocycles. The van der Waals surface area contributed by atoms with E-state index in [-0.39, 0.29) is 15.3 Å². The molecule has 0 spiro atoms. The van der Waals surface area contributed by atoms with Gasteiger partial charge in [0.05, 0.1) is 22.3 Å². The van der Waals surface area contributed by atoms with Gasteiger partial charge in [-0.25, -0.2) is 8.93 Å². The van der Waals surface area contributed by atoms with Gasteiger partial charge in [-0.15, -0.1) is 0 Å². The molecule has 134 valence electrons. The summed E-state index contributed by atoms with van der Waals surface area (Å²) in [5.41, 5.74) is -0.232. The third-order valence-corrected chi connectivity index (χ3v) is 10.8. The highest BCUT2D eigenvalue weighted by Crippen LogP contribution is 2.37. The average molecular weight is 350 g/mol. The van der Waals surface area contributed by atoms with Crippen molar-refractivity contribution in [3.63, 3.8) is 0 Å². The molecule has 0 aliphatic carbocycles. The average Bonchev–Trinajstić information content (AvgIpc) is 2.32. The maximum Gasteiger partial charge on any atom is 0.192 e. The van der Waals surface area contributed by atoms with Crippen LogP contribution in [0, 0.1) is 0 Å². The van der Waals surface area contributed by atoms with E-state index in [2.05, 4.69) is 52.4 Å². The largest absolute Gasteiger partial charge is 0.415 e. The molecule has 0 unspecified atom stereocenters. The molecule has 0 radical (unpaired) electrons. The lowest BCUT2D eigenvalue weighted by molar-refractivity contribution is 0.188. The minimum atomic E-state index is -1.79. The Balaban J connectivity index is 5.01. The molecule has 0 aromatic carbocycles. The van der Waals surface area contributed by atoms with E-state index in [1.807, 2.05) is 20.8 Å². The first-order valence-corrected chi connectivity index (χ1v) is 12.5. The Labute approximate surface area is 142 Å². The molecule has 0 fully saturated rings. The molecule has 2 atom stereocenters. The second kappa shape index (κ2) is 7.91. The topological polar surface area (TPSA) is 38.3 Å². The SMILES string of the molecule is CCCC[C@](C)(CO[Si](C)(C)C(C)(C)C)N[S@@](=O)C(C)(C)C. The van der Waals surface area contributed by atoms with Crippen LogP contribution in [0.4, 0.5) is 0 Å². The Morgan fingerprint density at radius 3 is 1.91 bits per heavy atom. The second-order valence-electron chi connectivity index (χ2n) is 9.20. The van der Waals surface area contributed by atoms with Crippen molar-refractivity contribution in [3.05, 3.63) is 0 Å². The summed E-state index contributed by atoms with van der Waals surface area (Å²) in [5.74, 6) is 0. The van der Waals surface area contributed by atoms with Crippen LogP contribution in [-0.4, -0.2) is 29.4 Å². The van der Waals surface area contributed by atoms with Crippen molar-refractivity contribution in [2.75, 3.05) is 6.61 Å². The fourth-order valence-electron chi connectivity index (χ4n) is 1.65. The Morgan fingerprint density at radius 1 is 1.05 bits per heavy atom. The monoisotopic (exact) mass is 349 g/mol. The van der Waals surface area contributed by atoms with Crippen LogP contribution in [0.15, 0.2) is 0 Å². The molecule has 0 saturated heterocycles. The molecule has 0 aromatic heterocycles. The maximum absolute atomic E-state index is 12.5. The summed E-state index contributed by atoms with van der Waals surface area (Å²) in [6.07, 6.45) is 3.24. The van der Waals surface area contributed by atoms with Crippen LogP contribution in [-0.2, 0) is 15.4 Å². The van der Waals surface area contributed by atoms with Crippen molar-refractivity contribution in [1.29, 1.82) is 0 Å². The van der Waals surface area contributed by atoms with Crippen molar-refractivity contribution in [1.82, 2.24) is 4.72 Å². The van der Waals surface area contributed by atoms with E-state index in [1.54, 1.807) is 0 Å². The van der Waals surface area contributed by atoms with Gasteiger partial charge in [0.1, 0.15) is 0 Å². The van der Waals surface area contributed by atoms with E-state index in [4.69, 9.17) is 4.43 Å². The quantitative estimate of drug-likeness (QED) is 0.626. The van der Waals surface area contributed by atoms with Crippen LogP contribution in [0.1, 0.15) is 74.7 Å². The number of rotatable bonds is 8. The summed E-state index contributed by atoms with van der Waals surface area (Å²) < 4.78 is 22.0. The Bertz CT molecular complexity index is 372. The lowest BCUT2D eigenvalue weighted by Crippen LogP contribution is -2.54. The van der Waals surface area contributed by atoms with Gasteiger partial charge in [0, 0.05) is 5.54 Å². The second-order valence-corrected chi connectivity index (χ2v) is 16.0. The molecule has 3 nitrogen and oxygen atoms in total. The van der Waals surface area contributed by atoms with Crippen LogP contribution in [0.2, 0.25) is 18.1 Å². The van der Waals surface area contributed by atoms with Gasteiger partial charge in [-0.3, -0.25) is 0 Å². The minimum absolute atomic E-state index is 0.196. The van der Waals surface area contributed by atoms with Crippen molar-refractivity contribution < 1.29 is 8.63 Å². The molecule has 5 heteroatoms. The van der Waals surface area contributed by atoms with Gasteiger partial charge in [-0.05, 0) is 52.2 Å². The van der Waals surface area contributed by atoms with Crippen LogP contribution < -0.4 is 4.72 Å². The molecule has 0 aromatic rings. The number of hydrogen-bond donors (Lipinski definition) is 1. The fraction of sp³-hybridized carbons (Fsp3) is 1.00. The van der Waals surface area contributed by atoms with E-state index < -0.39 is 19.3 Å². The van der Waals surface area contributed by atoms with Gasteiger partial charge < -0.3 is 4.43 Å². The minimum Gasteiger partial charge on any atom is -0.415 e. The van der Waals surface area contributed by atoms with Gasteiger partial charge in [0.15, 0.2) is 8.32 Å². The molecule has 0 rings (SSSR count). The highest BCUT2D eigenvalue weighted by Gasteiger charge is 2.40. The first-order valence-electron chi connectivity index (χ1n) is 8.48. The van der Waals surface area contributed by atoms with Gasteiger partial charge in [-0.1, -0.05) is 40.5 Å². The zero-order valence-corrected chi connectivity index (χ0v) is 18.4. The van der Waals surface area contributed by atoms with E-state index in [1.165, 1.54) is 0 Å². The van der Waals surface area contributed by atoms with Gasteiger partial charge >= 0.3 is 0 Å². The van der Waals surface area contributed by atoms with E-state index in [0.717, 1.165) is 19.3 Å². The summed E-state index contributed by atoms with van der Waals surface area (Å²) in [4.78, 5) is 0. The van der Waals surface area contributed by atoms with E-state index >= 15 is 0 Å². The molecule has 22 heavy (non-hydrogen) atoms. The third-order valence-electron chi connectivity index (χ3n) is 4.54. The van der Waals surface area contributed by atoms with Gasteiger partial charge in [0.2, 0.25) is 0 Å². The van der Waals surface area contributed by atoms with Gasteiger partial charge in [-0.2, -0.15) is 0 Å². The molecule has 1 N–H and O–H groups in total. The zero-order valence-electron chi connectivity index (χ0n) is 16.6. The summed E-state index contributed by atoms with van der Waals surface area (Å²) in [6.45, 7) is 22.3. The Kier molecular flexibility index (Phi) is 8.01. The third kappa shape index (κ3) is 7.24. The van der Waals surface area contributed by atoms with Crippen LogP contribution >= 0.6 is 0 Å². The molecular formula is C17H39NO2SSi. The van der Waals surface area contributed by atoms with Crippen molar-refractivity contribution in [2.24, 2.45) is 0 Å². The standard InChI is InChI=1S/C17H39NO2SSi/c1-11-12-13-17(8,18-21(19)15(2,3)4)14-20-22(9,10)16(5,6)7/h18H,11-14H2,1-10H3/t17-,21+/m1/s1. The lowest BCUT2D eigenvalue weighted by Gasteiger charge is -2.41. The summed E-state index contributed by atoms with van der Waals surface area (Å²) in [6, 6.07) is 0. The number of unbranched alkanes of at least 4 members (excludes halogenated alkanes) is 1. The van der Waals surface area contributed by atoms with Crippen LogP contribution in [0.3, 0.4) is 0 Å². The molecule has 0 saturated carbocycles. The predicted molar refractivity (Wildman–Crippen MR) is 102 cm³/mol. The molecule has 0 aliphatic rings. The van der Waals surface area contributed by atoms with Crippen molar-refractivity contribution in [3.8, 4) is 0 Å². The first-order chi connectivity index (χ1) is 9.65. The van der Waals surface area contributed by atoms with E-state index in [0.29, 0.717) is 6.61 Å². The fourth-order valence-corrected chi connectivity index (χ4v) is 3.68. The summed E-state index contributed by atoms with van der Waals surface area (Å²) in [5, 5.41) is 0.196. The van der Waals surface area contributed by atoms with Crippen LogP contribution in [0.5, 0.6) is 0 Å². The molecule has 0 heterocycles. The Hall–Kier alpha value is 0.287. The zero-order chi connectivity index (χ0) is 17.8. The number of nitrogens with one attached hydrogen (secondary N) is 1. The lowest BCUT2D eigenvalue weighted by atomic mass is 9.98. The molecule has 0 amide bonds. The molecule has 0 bridgehead atoms. The Morgan fingerprint density at radius 2 is 1.55 bits per heavy atom. The smallest absolute Gasteiger partial charge is 0.192 e. The maximum atomic E-state index is 12.5. The summed E-state index contributed by atoms with van der Waals surface area (Å²) >= 11 is 0. The predicted octanol–water partition coefficient (Wildman–Crippen LogP) is 5.01.